The summed E-state index contributed by atoms with van der Waals surface area (Å²) in [5.41, 5.74) is 0. The highest BCUT2D eigenvalue weighted by Gasteiger charge is 2.16. The van der Waals surface area contributed by atoms with Gasteiger partial charge in [-0.25, -0.2) is 4.98 Å². The Labute approximate surface area is 112 Å². The van der Waals surface area contributed by atoms with Crippen molar-refractivity contribution in [2.75, 3.05) is 25.0 Å². The predicted octanol–water partition coefficient (Wildman–Crippen LogP) is 3.13. The molecule has 0 saturated carbocycles. The average Bonchev–Trinajstić information content (AvgIpc) is 2.34. The molecule has 1 saturated heterocycles. The molecule has 1 N–H and O–H groups in total. The molecule has 1 aliphatic heterocycles. The smallest absolute Gasteiger partial charge is 0.126 e. The van der Waals surface area contributed by atoms with Gasteiger partial charge in [-0.15, -0.1) is 0 Å². The summed E-state index contributed by atoms with van der Waals surface area (Å²) >= 11 is 3.39. The number of anilines is 1. The molecule has 94 valence electrons. The van der Waals surface area contributed by atoms with Gasteiger partial charge in [0.2, 0.25) is 0 Å². The van der Waals surface area contributed by atoms with Crippen molar-refractivity contribution in [3.8, 4) is 0 Å². The molecule has 0 bridgehead atoms. The Bertz CT molecular complexity index is 339. The van der Waals surface area contributed by atoms with Gasteiger partial charge in [0, 0.05) is 29.8 Å². The van der Waals surface area contributed by atoms with Gasteiger partial charge in [-0.1, -0.05) is 6.42 Å². The maximum atomic E-state index is 4.30. The zero-order chi connectivity index (χ0) is 12.1. The van der Waals surface area contributed by atoms with Crippen LogP contribution in [0.2, 0.25) is 0 Å². The summed E-state index contributed by atoms with van der Waals surface area (Å²) in [5.74, 6) is 0.956. The highest BCUT2D eigenvalue weighted by molar-refractivity contribution is 9.10. The number of piperidine rings is 1. The Balaban J connectivity index is 1.73. The number of pyridine rings is 1. The van der Waals surface area contributed by atoms with E-state index in [4.69, 9.17) is 0 Å². The molecule has 0 aromatic carbocycles. The average molecular weight is 298 g/mol. The molecule has 1 aliphatic rings. The molecule has 17 heavy (non-hydrogen) atoms. The molecule has 0 aliphatic carbocycles. The Morgan fingerprint density at radius 1 is 1.47 bits per heavy atom. The Morgan fingerprint density at radius 3 is 3.06 bits per heavy atom. The molecule has 4 heteroatoms. The summed E-state index contributed by atoms with van der Waals surface area (Å²) in [6, 6.07) is 4.76. The Morgan fingerprint density at radius 2 is 2.35 bits per heavy atom. The Hall–Kier alpha value is -0.610. The van der Waals surface area contributed by atoms with Crippen molar-refractivity contribution in [1.29, 1.82) is 0 Å². The molecule has 0 spiro atoms. The molecule has 0 radical (unpaired) electrons. The summed E-state index contributed by atoms with van der Waals surface area (Å²) in [6.07, 6.45) is 5.91. The van der Waals surface area contributed by atoms with Crippen LogP contribution >= 0.6 is 15.9 Å². The third-order valence-corrected chi connectivity index (χ3v) is 3.84. The normalized spacial score (nSPS) is 21.4. The van der Waals surface area contributed by atoms with E-state index in [2.05, 4.69) is 38.1 Å². The number of halogens is 1. The van der Waals surface area contributed by atoms with Gasteiger partial charge in [-0.05, 0) is 54.4 Å². The van der Waals surface area contributed by atoms with Crippen LogP contribution in [0, 0.1) is 0 Å². The number of nitrogens with one attached hydrogen (secondary N) is 1. The van der Waals surface area contributed by atoms with Crippen LogP contribution in [0.1, 0.15) is 26.2 Å². The van der Waals surface area contributed by atoms with Gasteiger partial charge >= 0.3 is 0 Å². The van der Waals surface area contributed by atoms with Crippen molar-refractivity contribution in [1.82, 2.24) is 9.88 Å². The molecule has 1 atom stereocenters. The van der Waals surface area contributed by atoms with Crippen LogP contribution in [-0.2, 0) is 0 Å². The quantitative estimate of drug-likeness (QED) is 0.925. The summed E-state index contributed by atoms with van der Waals surface area (Å²) in [4.78, 5) is 6.87. The first-order valence-electron chi connectivity index (χ1n) is 6.35. The van der Waals surface area contributed by atoms with E-state index in [1.165, 1.54) is 25.8 Å². The van der Waals surface area contributed by atoms with Crippen LogP contribution in [-0.4, -0.2) is 35.6 Å². The monoisotopic (exact) mass is 297 g/mol. The van der Waals surface area contributed by atoms with E-state index in [0.29, 0.717) is 0 Å². The SMILES string of the molecule is CC1CCCCN1CCNc1ccc(Br)cn1. The Kier molecular flexibility index (Phi) is 4.80. The van der Waals surface area contributed by atoms with Gasteiger partial charge in [0.15, 0.2) is 0 Å². The molecule has 2 heterocycles. The van der Waals surface area contributed by atoms with Crippen molar-refractivity contribution in [2.45, 2.75) is 32.2 Å². The lowest BCUT2D eigenvalue weighted by molar-refractivity contribution is 0.167. The van der Waals surface area contributed by atoms with E-state index < -0.39 is 0 Å². The van der Waals surface area contributed by atoms with Gasteiger partial charge < -0.3 is 5.32 Å². The van der Waals surface area contributed by atoms with Crippen molar-refractivity contribution < 1.29 is 0 Å². The molecule has 1 aromatic heterocycles. The standard InChI is InChI=1S/C13H20BrN3/c1-11-4-2-3-8-17(11)9-7-15-13-6-5-12(14)10-16-13/h5-6,10-11H,2-4,7-9H2,1H3,(H,15,16). The van der Waals surface area contributed by atoms with Gasteiger partial charge in [-0.3, -0.25) is 4.90 Å². The van der Waals surface area contributed by atoms with E-state index in [1.54, 1.807) is 0 Å². The third-order valence-electron chi connectivity index (χ3n) is 3.37. The van der Waals surface area contributed by atoms with E-state index in [-0.39, 0.29) is 0 Å². The van der Waals surface area contributed by atoms with Crippen LogP contribution in [0.25, 0.3) is 0 Å². The van der Waals surface area contributed by atoms with Crippen molar-refractivity contribution in [3.63, 3.8) is 0 Å². The molecule has 3 nitrogen and oxygen atoms in total. The zero-order valence-electron chi connectivity index (χ0n) is 10.3. The minimum atomic E-state index is 0.739. The maximum Gasteiger partial charge on any atom is 0.126 e. The van der Waals surface area contributed by atoms with Crippen LogP contribution in [0.5, 0.6) is 0 Å². The summed E-state index contributed by atoms with van der Waals surface area (Å²) < 4.78 is 1.02. The number of likely N-dealkylation sites (tertiary alicyclic amines) is 1. The highest BCUT2D eigenvalue weighted by atomic mass is 79.9. The topological polar surface area (TPSA) is 28.2 Å². The fourth-order valence-corrected chi connectivity index (χ4v) is 2.53. The number of nitrogens with zero attached hydrogens (tertiary/aromatic N) is 2. The van der Waals surface area contributed by atoms with Gasteiger partial charge in [0.25, 0.3) is 0 Å². The first-order valence-corrected chi connectivity index (χ1v) is 7.14. The predicted molar refractivity (Wildman–Crippen MR) is 75.3 cm³/mol. The molecule has 0 amide bonds. The maximum absolute atomic E-state index is 4.30. The third kappa shape index (κ3) is 3.96. The fraction of sp³-hybridized carbons (Fsp3) is 0.615. The van der Waals surface area contributed by atoms with Gasteiger partial charge in [-0.2, -0.15) is 0 Å². The largest absolute Gasteiger partial charge is 0.369 e. The first kappa shape index (κ1) is 12.8. The molecule has 1 unspecified atom stereocenters. The van der Waals surface area contributed by atoms with Crippen molar-refractivity contribution in [2.24, 2.45) is 0 Å². The molecular weight excluding hydrogens is 278 g/mol. The fourth-order valence-electron chi connectivity index (χ4n) is 2.30. The van der Waals surface area contributed by atoms with Crippen LogP contribution in [0.4, 0.5) is 5.82 Å². The molecular formula is C13H20BrN3. The summed E-state index contributed by atoms with van der Waals surface area (Å²) in [5, 5.41) is 3.37. The van der Waals surface area contributed by atoms with Gasteiger partial charge in [0.1, 0.15) is 5.82 Å². The molecule has 2 rings (SSSR count). The van der Waals surface area contributed by atoms with E-state index in [1.807, 2.05) is 18.3 Å². The number of rotatable bonds is 4. The van der Waals surface area contributed by atoms with Crippen molar-refractivity contribution in [3.05, 3.63) is 22.8 Å². The number of hydrogen-bond donors (Lipinski definition) is 1. The first-order chi connectivity index (χ1) is 8.25. The minimum absolute atomic E-state index is 0.739. The molecule has 1 fully saturated rings. The lowest BCUT2D eigenvalue weighted by atomic mass is 10.0. The van der Waals surface area contributed by atoms with Gasteiger partial charge in [0.05, 0.1) is 0 Å². The number of hydrogen-bond acceptors (Lipinski definition) is 3. The second kappa shape index (κ2) is 6.36. The van der Waals surface area contributed by atoms with E-state index in [0.717, 1.165) is 29.4 Å². The van der Waals surface area contributed by atoms with Crippen molar-refractivity contribution >= 4 is 21.7 Å². The second-order valence-corrected chi connectivity index (χ2v) is 5.58. The number of aromatic nitrogens is 1. The minimum Gasteiger partial charge on any atom is -0.369 e. The lowest BCUT2D eigenvalue weighted by Gasteiger charge is -2.33. The van der Waals surface area contributed by atoms with Crippen LogP contribution in [0.3, 0.4) is 0 Å². The van der Waals surface area contributed by atoms with E-state index in [9.17, 15) is 0 Å². The second-order valence-electron chi connectivity index (χ2n) is 4.67. The lowest BCUT2D eigenvalue weighted by Crippen LogP contribution is -2.40. The van der Waals surface area contributed by atoms with Crippen LogP contribution < -0.4 is 5.32 Å². The highest BCUT2D eigenvalue weighted by Crippen LogP contribution is 2.16. The zero-order valence-corrected chi connectivity index (χ0v) is 11.9. The molecule has 1 aromatic rings. The van der Waals surface area contributed by atoms with Crippen LogP contribution in [0.15, 0.2) is 22.8 Å². The summed E-state index contributed by atoms with van der Waals surface area (Å²) in [7, 11) is 0. The van der Waals surface area contributed by atoms with E-state index >= 15 is 0 Å². The summed E-state index contributed by atoms with van der Waals surface area (Å²) in [6.45, 7) is 5.66.